The molecule has 3 rings (SSSR count). The number of rotatable bonds is 5. The lowest BCUT2D eigenvalue weighted by Gasteiger charge is -2.33. The molecular weight excluding hydrogens is 250 g/mol. The molecular formula is C16H23N3O. The molecule has 0 aliphatic carbocycles. The Kier molecular flexibility index (Phi) is 4.21. The van der Waals surface area contributed by atoms with Crippen molar-refractivity contribution in [3.8, 4) is 0 Å². The average Bonchev–Trinajstić information content (AvgIpc) is 2.97. The van der Waals surface area contributed by atoms with E-state index in [1.165, 1.54) is 19.3 Å². The van der Waals surface area contributed by atoms with E-state index in [-0.39, 0.29) is 0 Å². The summed E-state index contributed by atoms with van der Waals surface area (Å²) in [5.41, 5.74) is 0.932. The molecule has 0 bridgehead atoms. The van der Waals surface area contributed by atoms with Crippen molar-refractivity contribution in [1.82, 2.24) is 10.3 Å². The molecule has 3 heterocycles. The molecule has 0 spiro atoms. The predicted octanol–water partition coefficient (Wildman–Crippen LogP) is 3.04. The first kappa shape index (κ1) is 13.4. The third-order valence-electron chi connectivity index (χ3n) is 4.13. The van der Waals surface area contributed by atoms with Gasteiger partial charge >= 0.3 is 0 Å². The molecule has 0 radical (unpaired) electrons. The Balaban J connectivity index is 1.62. The van der Waals surface area contributed by atoms with Gasteiger partial charge in [-0.15, -0.1) is 0 Å². The normalized spacial score (nSPS) is 16.9. The number of hydrogen-bond donors (Lipinski definition) is 1. The number of hydrogen-bond acceptors (Lipinski definition) is 4. The van der Waals surface area contributed by atoms with E-state index in [2.05, 4.69) is 22.1 Å². The van der Waals surface area contributed by atoms with E-state index in [0.29, 0.717) is 0 Å². The van der Waals surface area contributed by atoms with Crippen molar-refractivity contribution in [3.05, 3.63) is 24.6 Å². The minimum Gasteiger partial charge on any atom is -0.464 e. The molecule has 0 unspecified atom stereocenters. The number of anilines is 1. The van der Waals surface area contributed by atoms with Gasteiger partial charge in [-0.1, -0.05) is 6.92 Å². The molecule has 1 aliphatic heterocycles. The number of aromatic nitrogens is 1. The maximum atomic E-state index is 5.46. The second kappa shape index (κ2) is 6.27. The van der Waals surface area contributed by atoms with Crippen LogP contribution in [0.25, 0.3) is 11.0 Å². The van der Waals surface area contributed by atoms with E-state index in [9.17, 15) is 0 Å². The van der Waals surface area contributed by atoms with E-state index in [1.807, 2.05) is 18.3 Å². The van der Waals surface area contributed by atoms with E-state index in [4.69, 9.17) is 4.42 Å². The molecule has 108 valence electrons. The third kappa shape index (κ3) is 2.80. The summed E-state index contributed by atoms with van der Waals surface area (Å²) in [6, 6.07) is 3.95. The maximum absolute atomic E-state index is 5.46. The Labute approximate surface area is 120 Å². The SMILES string of the molecule is CCCNCC1CCN(c2nccc3occc23)CC1. The van der Waals surface area contributed by atoms with Crippen LogP contribution in [-0.4, -0.2) is 31.2 Å². The third-order valence-corrected chi connectivity index (χ3v) is 4.13. The summed E-state index contributed by atoms with van der Waals surface area (Å²) in [6.45, 7) is 6.69. The molecule has 2 aromatic rings. The number of piperidine rings is 1. The van der Waals surface area contributed by atoms with Crippen molar-refractivity contribution in [2.45, 2.75) is 26.2 Å². The van der Waals surface area contributed by atoms with Crippen molar-refractivity contribution in [2.75, 3.05) is 31.1 Å². The molecule has 0 atom stereocenters. The van der Waals surface area contributed by atoms with Crippen LogP contribution < -0.4 is 10.2 Å². The Hall–Kier alpha value is -1.55. The summed E-state index contributed by atoms with van der Waals surface area (Å²) in [5.74, 6) is 1.89. The van der Waals surface area contributed by atoms with Crippen molar-refractivity contribution < 1.29 is 4.42 Å². The van der Waals surface area contributed by atoms with Gasteiger partial charge in [-0.3, -0.25) is 0 Å². The highest BCUT2D eigenvalue weighted by Crippen LogP contribution is 2.28. The maximum Gasteiger partial charge on any atom is 0.139 e. The zero-order chi connectivity index (χ0) is 13.8. The molecule has 1 N–H and O–H groups in total. The molecule has 2 aromatic heterocycles. The van der Waals surface area contributed by atoms with Gasteiger partial charge < -0.3 is 14.6 Å². The van der Waals surface area contributed by atoms with Gasteiger partial charge in [-0.05, 0) is 50.4 Å². The smallest absolute Gasteiger partial charge is 0.139 e. The van der Waals surface area contributed by atoms with Crippen LogP contribution in [0.15, 0.2) is 29.0 Å². The Bertz CT molecular complexity index is 543. The van der Waals surface area contributed by atoms with Crippen LogP contribution in [0.5, 0.6) is 0 Å². The number of nitrogens with zero attached hydrogens (tertiary/aromatic N) is 2. The van der Waals surface area contributed by atoms with Gasteiger partial charge in [0.2, 0.25) is 0 Å². The number of pyridine rings is 1. The second-order valence-electron chi connectivity index (χ2n) is 5.60. The Morgan fingerprint density at radius 1 is 1.35 bits per heavy atom. The summed E-state index contributed by atoms with van der Waals surface area (Å²) >= 11 is 0. The van der Waals surface area contributed by atoms with Gasteiger partial charge in [0.05, 0.1) is 11.6 Å². The van der Waals surface area contributed by atoms with Crippen LogP contribution in [0.3, 0.4) is 0 Å². The minimum absolute atomic E-state index is 0.807. The van der Waals surface area contributed by atoms with Crippen LogP contribution in [0, 0.1) is 5.92 Å². The Morgan fingerprint density at radius 2 is 2.20 bits per heavy atom. The van der Waals surface area contributed by atoms with Crippen LogP contribution >= 0.6 is 0 Å². The number of furan rings is 1. The van der Waals surface area contributed by atoms with Gasteiger partial charge in [-0.2, -0.15) is 0 Å². The Morgan fingerprint density at radius 3 is 3.00 bits per heavy atom. The van der Waals surface area contributed by atoms with Crippen LogP contribution in [-0.2, 0) is 0 Å². The van der Waals surface area contributed by atoms with Crippen molar-refractivity contribution >= 4 is 16.8 Å². The van der Waals surface area contributed by atoms with Crippen molar-refractivity contribution in [3.63, 3.8) is 0 Å². The zero-order valence-corrected chi connectivity index (χ0v) is 12.1. The molecule has 20 heavy (non-hydrogen) atoms. The number of fused-ring (bicyclic) bond motifs is 1. The van der Waals surface area contributed by atoms with E-state index >= 15 is 0 Å². The zero-order valence-electron chi connectivity index (χ0n) is 12.1. The minimum atomic E-state index is 0.807. The summed E-state index contributed by atoms with van der Waals surface area (Å²) in [6.07, 6.45) is 7.29. The first-order chi connectivity index (χ1) is 9.88. The van der Waals surface area contributed by atoms with Gasteiger partial charge in [-0.25, -0.2) is 4.98 Å². The lowest BCUT2D eigenvalue weighted by molar-refractivity contribution is 0.383. The van der Waals surface area contributed by atoms with Gasteiger partial charge in [0.15, 0.2) is 0 Å². The fourth-order valence-electron chi connectivity index (χ4n) is 2.96. The van der Waals surface area contributed by atoms with Crippen molar-refractivity contribution in [1.29, 1.82) is 0 Å². The van der Waals surface area contributed by atoms with Gasteiger partial charge in [0.1, 0.15) is 11.4 Å². The quantitative estimate of drug-likeness (QED) is 0.850. The first-order valence-corrected chi connectivity index (χ1v) is 7.66. The van der Waals surface area contributed by atoms with E-state index in [0.717, 1.165) is 48.9 Å². The summed E-state index contributed by atoms with van der Waals surface area (Å²) in [5, 5.41) is 4.67. The molecule has 1 fully saturated rings. The first-order valence-electron chi connectivity index (χ1n) is 7.66. The highest BCUT2D eigenvalue weighted by molar-refractivity contribution is 5.88. The summed E-state index contributed by atoms with van der Waals surface area (Å²) in [4.78, 5) is 6.95. The predicted molar refractivity (Wildman–Crippen MR) is 82.1 cm³/mol. The summed E-state index contributed by atoms with van der Waals surface area (Å²) in [7, 11) is 0. The van der Waals surface area contributed by atoms with Crippen LogP contribution in [0.2, 0.25) is 0 Å². The molecule has 4 heteroatoms. The van der Waals surface area contributed by atoms with Crippen molar-refractivity contribution in [2.24, 2.45) is 5.92 Å². The molecule has 0 saturated carbocycles. The van der Waals surface area contributed by atoms with Gasteiger partial charge in [0, 0.05) is 19.3 Å². The lowest BCUT2D eigenvalue weighted by atomic mass is 9.96. The van der Waals surface area contributed by atoms with E-state index < -0.39 is 0 Å². The van der Waals surface area contributed by atoms with Crippen LogP contribution in [0.1, 0.15) is 26.2 Å². The summed E-state index contributed by atoms with van der Waals surface area (Å²) < 4.78 is 5.46. The molecule has 0 aromatic carbocycles. The second-order valence-corrected chi connectivity index (χ2v) is 5.60. The largest absolute Gasteiger partial charge is 0.464 e. The van der Waals surface area contributed by atoms with Crippen LogP contribution in [0.4, 0.5) is 5.82 Å². The number of nitrogens with one attached hydrogen (secondary N) is 1. The standard InChI is InChI=1S/C16H23N3O/c1-2-7-17-12-13-4-9-19(10-5-13)16-14-6-11-20-15(14)3-8-18-16/h3,6,8,11,13,17H,2,4-5,7,9-10,12H2,1H3. The van der Waals surface area contributed by atoms with E-state index in [1.54, 1.807) is 6.26 Å². The average molecular weight is 273 g/mol. The highest BCUT2D eigenvalue weighted by Gasteiger charge is 2.21. The monoisotopic (exact) mass is 273 g/mol. The molecule has 4 nitrogen and oxygen atoms in total. The molecule has 1 aliphatic rings. The fraction of sp³-hybridized carbons (Fsp3) is 0.562. The topological polar surface area (TPSA) is 41.3 Å². The highest BCUT2D eigenvalue weighted by atomic mass is 16.3. The fourth-order valence-corrected chi connectivity index (χ4v) is 2.96. The lowest BCUT2D eigenvalue weighted by Crippen LogP contribution is -2.37. The molecule has 0 amide bonds. The van der Waals surface area contributed by atoms with Gasteiger partial charge in [0.25, 0.3) is 0 Å². The molecule has 1 saturated heterocycles.